The number of hydrogen-bond donors (Lipinski definition) is 3. The standard InChI is InChI=1S/C46H86NO9P/c1-3-5-7-9-11-13-15-17-19-21-23-25-27-29-31-33-35-37-39-53-40-43(41-54-57(51,52)55-42-44(47)46(49)50)56-45(48)38-36-34-32-30-28-26-24-22-20-18-16-14-12-10-8-6-4-2/h11,13,17-20,43-44H,3-10,12,14-16,21-42,47H2,1-2H3,(H,49,50)(H,51,52)/b13-11-,19-17-,20-18-. The molecule has 0 aliphatic carbocycles. The third-order valence-corrected chi connectivity index (χ3v) is 10.8. The highest BCUT2D eigenvalue weighted by Gasteiger charge is 2.27. The van der Waals surface area contributed by atoms with Crippen LogP contribution in [0.1, 0.15) is 206 Å². The van der Waals surface area contributed by atoms with Crippen LogP contribution in [0.15, 0.2) is 36.5 Å². The van der Waals surface area contributed by atoms with E-state index in [-0.39, 0.29) is 13.0 Å². The molecule has 0 saturated heterocycles. The molecule has 0 bridgehead atoms. The molecule has 11 heteroatoms. The molecule has 0 spiro atoms. The van der Waals surface area contributed by atoms with Gasteiger partial charge >= 0.3 is 19.8 Å². The number of rotatable bonds is 44. The van der Waals surface area contributed by atoms with Crippen molar-refractivity contribution in [3.63, 3.8) is 0 Å². The van der Waals surface area contributed by atoms with Crippen LogP contribution in [0.25, 0.3) is 0 Å². The van der Waals surface area contributed by atoms with E-state index in [1.54, 1.807) is 0 Å². The molecule has 3 atom stereocenters. The monoisotopic (exact) mass is 828 g/mol. The average molecular weight is 828 g/mol. The maximum Gasteiger partial charge on any atom is 0.472 e. The lowest BCUT2D eigenvalue weighted by atomic mass is 10.1. The first kappa shape index (κ1) is 55.2. The fourth-order valence-electron chi connectivity index (χ4n) is 6.28. The molecule has 0 rings (SSSR count). The van der Waals surface area contributed by atoms with E-state index in [4.69, 9.17) is 29.4 Å². The SMILES string of the molecule is CCCCC/C=C\C/C=C\CCCCCCCCCCOCC(COP(=O)(O)OCC(N)C(=O)O)OC(=O)CCCCCCCCC/C=C\CCCCCCCC. The topological polar surface area (TPSA) is 155 Å². The average Bonchev–Trinajstić information content (AvgIpc) is 3.19. The Hall–Kier alpha value is -1.81. The van der Waals surface area contributed by atoms with Gasteiger partial charge in [-0.3, -0.25) is 18.6 Å². The number of carbonyl (C=O) groups is 2. The summed E-state index contributed by atoms with van der Waals surface area (Å²) in [4.78, 5) is 33.6. The number of allylic oxidation sites excluding steroid dienone is 6. The van der Waals surface area contributed by atoms with E-state index in [2.05, 4.69) is 50.3 Å². The van der Waals surface area contributed by atoms with Crippen LogP contribution in [-0.4, -0.2) is 60.5 Å². The van der Waals surface area contributed by atoms with E-state index in [0.29, 0.717) is 13.0 Å². The van der Waals surface area contributed by atoms with Crippen LogP contribution in [-0.2, 0) is 32.7 Å². The van der Waals surface area contributed by atoms with Crippen LogP contribution >= 0.6 is 7.82 Å². The zero-order valence-corrected chi connectivity index (χ0v) is 37.3. The minimum Gasteiger partial charge on any atom is -0.480 e. The van der Waals surface area contributed by atoms with Crippen molar-refractivity contribution >= 4 is 19.8 Å². The molecule has 0 heterocycles. The van der Waals surface area contributed by atoms with Crippen LogP contribution in [0.4, 0.5) is 0 Å². The normalized spacial score (nSPS) is 14.2. The second-order valence-electron chi connectivity index (χ2n) is 15.5. The first-order valence-electron chi connectivity index (χ1n) is 23.0. The Balaban J connectivity index is 4.22. The molecule has 0 aromatic carbocycles. The number of aliphatic carboxylic acids is 1. The summed E-state index contributed by atoms with van der Waals surface area (Å²) in [5, 5.41) is 8.90. The maximum atomic E-state index is 12.6. The molecule has 3 unspecified atom stereocenters. The number of nitrogens with two attached hydrogens (primary N) is 1. The van der Waals surface area contributed by atoms with Gasteiger partial charge in [0.05, 0.1) is 19.8 Å². The van der Waals surface area contributed by atoms with Gasteiger partial charge in [0.25, 0.3) is 0 Å². The third-order valence-electron chi connectivity index (χ3n) is 9.89. The summed E-state index contributed by atoms with van der Waals surface area (Å²) >= 11 is 0. The molecule has 0 aliphatic heterocycles. The number of phosphoric acid groups is 1. The molecular weight excluding hydrogens is 741 g/mol. The largest absolute Gasteiger partial charge is 0.480 e. The number of hydrogen-bond acceptors (Lipinski definition) is 8. The summed E-state index contributed by atoms with van der Waals surface area (Å²) in [7, 11) is -4.62. The Bertz CT molecular complexity index is 1050. The molecule has 0 amide bonds. The second-order valence-corrected chi connectivity index (χ2v) is 17.0. The fraction of sp³-hybridized carbons (Fsp3) is 0.826. The van der Waals surface area contributed by atoms with Gasteiger partial charge in [0.1, 0.15) is 12.1 Å². The molecular formula is C46H86NO9P. The quantitative estimate of drug-likeness (QED) is 0.0234. The zero-order valence-electron chi connectivity index (χ0n) is 36.4. The predicted octanol–water partition coefficient (Wildman–Crippen LogP) is 12.9. The summed E-state index contributed by atoms with van der Waals surface area (Å²) < 4.78 is 33.4. The minimum atomic E-state index is -4.62. The van der Waals surface area contributed by atoms with Crippen molar-refractivity contribution in [3.8, 4) is 0 Å². The molecule has 0 aliphatic rings. The maximum absolute atomic E-state index is 12.6. The lowest BCUT2D eigenvalue weighted by Gasteiger charge is -2.20. The first-order valence-corrected chi connectivity index (χ1v) is 24.5. The highest BCUT2D eigenvalue weighted by atomic mass is 31.2. The lowest BCUT2D eigenvalue weighted by molar-refractivity contribution is -0.154. The molecule has 57 heavy (non-hydrogen) atoms. The summed E-state index contributed by atoms with van der Waals surface area (Å²) in [5.41, 5.74) is 5.36. The molecule has 0 fully saturated rings. The van der Waals surface area contributed by atoms with Crippen molar-refractivity contribution in [3.05, 3.63) is 36.5 Å². The van der Waals surface area contributed by atoms with Gasteiger partial charge in [-0.05, 0) is 70.6 Å². The molecule has 4 N–H and O–H groups in total. The van der Waals surface area contributed by atoms with Crippen molar-refractivity contribution in [1.29, 1.82) is 0 Å². The van der Waals surface area contributed by atoms with E-state index in [9.17, 15) is 19.0 Å². The molecule has 334 valence electrons. The van der Waals surface area contributed by atoms with Crippen LogP contribution in [0.2, 0.25) is 0 Å². The fourth-order valence-corrected chi connectivity index (χ4v) is 7.05. The van der Waals surface area contributed by atoms with Crippen molar-refractivity contribution in [2.24, 2.45) is 5.73 Å². The van der Waals surface area contributed by atoms with Gasteiger partial charge in [0.15, 0.2) is 0 Å². The van der Waals surface area contributed by atoms with Gasteiger partial charge in [-0.1, -0.05) is 166 Å². The van der Waals surface area contributed by atoms with Gasteiger partial charge < -0.3 is 25.2 Å². The number of phosphoric ester groups is 1. The minimum absolute atomic E-state index is 0.0122. The zero-order chi connectivity index (χ0) is 41.9. The Labute approximate surface area is 348 Å². The van der Waals surface area contributed by atoms with E-state index in [1.807, 2.05) is 0 Å². The Morgan fingerprint density at radius 2 is 0.965 bits per heavy atom. The number of carboxylic acids is 1. The molecule has 0 saturated carbocycles. The highest BCUT2D eigenvalue weighted by Crippen LogP contribution is 2.43. The van der Waals surface area contributed by atoms with Crippen molar-refractivity contribution in [2.75, 3.05) is 26.4 Å². The third kappa shape index (κ3) is 42.1. The predicted molar refractivity (Wildman–Crippen MR) is 235 cm³/mol. The summed E-state index contributed by atoms with van der Waals surface area (Å²) in [5.74, 6) is -1.78. The smallest absolute Gasteiger partial charge is 0.472 e. The van der Waals surface area contributed by atoms with Gasteiger partial charge in [-0.2, -0.15) is 0 Å². The number of carboxylic acid groups (broad SMARTS) is 1. The number of esters is 1. The van der Waals surface area contributed by atoms with Crippen LogP contribution in [0.5, 0.6) is 0 Å². The molecule has 0 aromatic heterocycles. The van der Waals surface area contributed by atoms with Crippen LogP contribution < -0.4 is 5.73 Å². The molecule has 0 radical (unpaired) electrons. The highest BCUT2D eigenvalue weighted by molar-refractivity contribution is 7.47. The van der Waals surface area contributed by atoms with E-state index in [1.165, 1.54) is 122 Å². The van der Waals surface area contributed by atoms with Crippen molar-refractivity contribution in [2.45, 2.75) is 219 Å². The van der Waals surface area contributed by atoms with Crippen molar-refractivity contribution in [1.82, 2.24) is 0 Å². The first-order chi connectivity index (χ1) is 27.7. The molecule has 10 nitrogen and oxygen atoms in total. The van der Waals surface area contributed by atoms with E-state index >= 15 is 0 Å². The Morgan fingerprint density at radius 1 is 0.561 bits per heavy atom. The van der Waals surface area contributed by atoms with E-state index < -0.39 is 45.1 Å². The van der Waals surface area contributed by atoms with Crippen LogP contribution in [0.3, 0.4) is 0 Å². The van der Waals surface area contributed by atoms with E-state index in [0.717, 1.165) is 57.8 Å². The Kier molecular flexibility index (Phi) is 41.0. The summed E-state index contributed by atoms with van der Waals surface area (Å²) in [6, 6.07) is -1.47. The Morgan fingerprint density at radius 3 is 1.47 bits per heavy atom. The summed E-state index contributed by atoms with van der Waals surface area (Å²) in [6.07, 6.45) is 47.6. The number of unbranched alkanes of at least 4 members (excludes halogenated alkanes) is 24. The van der Waals surface area contributed by atoms with Gasteiger partial charge in [0.2, 0.25) is 0 Å². The number of carbonyl (C=O) groups excluding carboxylic acids is 1. The number of ether oxygens (including phenoxy) is 2. The van der Waals surface area contributed by atoms with Gasteiger partial charge in [-0.15, -0.1) is 0 Å². The van der Waals surface area contributed by atoms with Gasteiger partial charge in [-0.25, -0.2) is 4.57 Å². The van der Waals surface area contributed by atoms with Crippen LogP contribution in [0, 0.1) is 0 Å². The second kappa shape index (κ2) is 42.3. The van der Waals surface area contributed by atoms with Crippen molar-refractivity contribution < 1.29 is 42.7 Å². The lowest BCUT2D eigenvalue weighted by Crippen LogP contribution is -2.34. The molecule has 0 aromatic rings. The summed E-state index contributed by atoms with van der Waals surface area (Å²) in [6.45, 7) is 3.85. The van der Waals surface area contributed by atoms with Gasteiger partial charge in [0, 0.05) is 13.0 Å².